The van der Waals surface area contributed by atoms with E-state index in [9.17, 15) is 9.59 Å². The van der Waals surface area contributed by atoms with Crippen LogP contribution >= 0.6 is 0 Å². The van der Waals surface area contributed by atoms with Gasteiger partial charge in [0.1, 0.15) is 5.75 Å². The zero-order valence-electron chi connectivity index (χ0n) is 19.3. The van der Waals surface area contributed by atoms with Gasteiger partial charge < -0.3 is 15.0 Å². The highest BCUT2D eigenvalue weighted by Crippen LogP contribution is 2.31. The Bertz CT molecular complexity index is 1170. The van der Waals surface area contributed by atoms with Gasteiger partial charge in [-0.05, 0) is 67.3 Å². The molecule has 1 N–H and O–H groups in total. The average Bonchev–Trinajstić information content (AvgIpc) is 2.81. The van der Waals surface area contributed by atoms with Crippen LogP contribution in [0.5, 0.6) is 5.75 Å². The number of carbonyl (C=O) groups is 2. The maximum absolute atomic E-state index is 13.4. The van der Waals surface area contributed by atoms with Crippen molar-refractivity contribution in [3.05, 3.63) is 89.0 Å². The summed E-state index contributed by atoms with van der Waals surface area (Å²) in [6.45, 7) is 5.67. The van der Waals surface area contributed by atoms with Gasteiger partial charge in [0.05, 0.1) is 18.5 Å². The Kier molecular flexibility index (Phi) is 6.63. The highest BCUT2D eigenvalue weighted by molar-refractivity contribution is 6.08. The molecule has 3 aromatic rings. The van der Waals surface area contributed by atoms with Crippen LogP contribution in [0.25, 0.3) is 0 Å². The van der Waals surface area contributed by atoms with Gasteiger partial charge in [-0.15, -0.1) is 0 Å². The number of hydrogen-bond acceptors (Lipinski definition) is 3. The van der Waals surface area contributed by atoms with Gasteiger partial charge in [0.2, 0.25) is 0 Å². The number of ether oxygens (including phenoxy) is 1. The van der Waals surface area contributed by atoms with Gasteiger partial charge in [0.15, 0.2) is 0 Å². The topological polar surface area (TPSA) is 61.9 Å². The molecule has 0 saturated carbocycles. The average molecular weight is 444 g/mol. The molecular weight excluding hydrogens is 414 g/mol. The summed E-state index contributed by atoms with van der Waals surface area (Å²) in [6.07, 6.45) is 0.842. The van der Waals surface area contributed by atoms with Crippen molar-refractivity contribution < 1.29 is 14.3 Å². The number of methoxy groups -OCH3 is 1. The molecule has 0 bridgehead atoms. The summed E-state index contributed by atoms with van der Waals surface area (Å²) in [7, 11) is 1.64. The molecule has 1 fully saturated rings. The Morgan fingerprint density at radius 2 is 1.82 bits per heavy atom. The van der Waals surface area contributed by atoms with E-state index in [0.717, 1.165) is 28.9 Å². The van der Waals surface area contributed by atoms with Gasteiger partial charge >= 0.3 is 6.03 Å². The first-order chi connectivity index (χ1) is 16.0. The van der Waals surface area contributed by atoms with Crippen molar-refractivity contribution in [3.63, 3.8) is 0 Å². The number of urea groups is 1. The third-order valence-electron chi connectivity index (χ3n) is 5.90. The van der Waals surface area contributed by atoms with Crippen LogP contribution in [-0.2, 0) is 6.54 Å². The minimum absolute atomic E-state index is 0.0701. The number of rotatable bonds is 6. The predicted octanol–water partition coefficient (Wildman–Crippen LogP) is 5.40. The van der Waals surface area contributed by atoms with E-state index in [1.807, 2.05) is 85.5 Å². The molecular formula is C27H29N3O3. The first-order valence-electron chi connectivity index (χ1n) is 11.1. The second kappa shape index (κ2) is 9.77. The summed E-state index contributed by atoms with van der Waals surface area (Å²) in [4.78, 5) is 30.0. The number of anilines is 2. The van der Waals surface area contributed by atoms with E-state index < -0.39 is 0 Å². The molecule has 0 unspecified atom stereocenters. The fourth-order valence-corrected chi connectivity index (χ4v) is 4.15. The SMILES string of the molecule is COc1cccc(CN2CCCN(c3ccc(C)cc3NC(=O)c3ccccc3C)C2=O)c1. The van der Waals surface area contributed by atoms with Crippen LogP contribution in [0.4, 0.5) is 16.2 Å². The quantitative estimate of drug-likeness (QED) is 0.555. The Balaban J connectivity index is 1.58. The van der Waals surface area contributed by atoms with Crippen LogP contribution < -0.4 is 15.0 Å². The molecule has 1 saturated heterocycles. The van der Waals surface area contributed by atoms with Crippen molar-refractivity contribution in [1.82, 2.24) is 4.90 Å². The second-order valence-corrected chi connectivity index (χ2v) is 8.35. The standard InChI is InChI=1S/C27H29N3O3/c1-19-12-13-25(24(16-19)28-26(31)23-11-5-4-8-20(23)2)30-15-7-14-29(27(30)32)18-21-9-6-10-22(17-21)33-3/h4-6,8-13,16-17H,7,14-15,18H2,1-3H3,(H,28,31). The van der Waals surface area contributed by atoms with Crippen LogP contribution in [0.2, 0.25) is 0 Å². The molecule has 4 rings (SSSR count). The molecule has 170 valence electrons. The summed E-state index contributed by atoms with van der Waals surface area (Å²) in [5, 5.41) is 3.04. The highest BCUT2D eigenvalue weighted by Gasteiger charge is 2.29. The molecule has 0 aliphatic carbocycles. The van der Waals surface area contributed by atoms with Crippen LogP contribution in [-0.4, -0.2) is 37.0 Å². The van der Waals surface area contributed by atoms with E-state index >= 15 is 0 Å². The largest absolute Gasteiger partial charge is 0.497 e. The molecule has 3 aromatic carbocycles. The van der Waals surface area contributed by atoms with Gasteiger partial charge in [-0.25, -0.2) is 4.79 Å². The van der Waals surface area contributed by atoms with Gasteiger partial charge in [-0.3, -0.25) is 9.69 Å². The van der Waals surface area contributed by atoms with E-state index in [0.29, 0.717) is 36.6 Å². The number of hydrogen-bond donors (Lipinski definition) is 1. The number of benzene rings is 3. The van der Waals surface area contributed by atoms with E-state index in [4.69, 9.17) is 4.74 Å². The number of nitrogens with one attached hydrogen (secondary N) is 1. The summed E-state index contributed by atoms with van der Waals surface area (Å²) < 4.78 is 5.32. The van der Waals surface area contributed by atoms with Crippen molar-refractivity contribution in [3.8, 4) is 5.75 Å². The van der Waals surface area contributed by atoms with Gasteiger partial charge in [0, 0.05) is 25.2 Å². The first-order valence-corrected chi connectivity index (χ1v) is 11.1. The zero-order valence-corrected chi connectivity index (χ0v) is 19.3. The molecule has 3 amide bonds. The lowest BCUT2D eigenvalue weighted by atomic mass is 10.1. The summed E-state index contributed by atoms with van der Waals surface area (Å²) in [5.41, 5.74) is 4.90. The molecule has 6 nitrogen and oxygen atoms in total. The smallest absolute Gasteiger partial charge is 0.324 e. The molecule has 1 heterocycles. The van der Waals surface area contributed by atoms with Crippen molar-refractivity contribution in [2.75, 3.05) is 30.4 Å². The third kappa shape index (κ3) is 5.00. The lowest BCUT2D eigenvalue weighted by Crippen LogP contribution is -2.49. The van der Waals surface area contributed by atoms with Crippen molar-refractivity contribution in [1.29, 1.82) is 0 Å². The Labute approximate surface area is 194 Å². The molecule has 0 aromatic heterocycles. The second-order valence-electron chi connectivity index (χ2n) is 8.35. The Morgan fingerprint density at radius 1 is 1.00 bits per heavy atom. The monoisotopic (exact) mass is 443 g/mol. The molecule has 1 aliphatic rings. The molecule has 6 heteroatoms. The number of nitrogens with zero attached hydrogens (tertiary/aromatic N) is 2. The number of amides is 3. The molecule has 0 radical (unpaired) electrons. The Morgan fingerprint density at radius 3 is 2.61 bits per heavy atom. The minimum Gasteiger partial charge on any atom is -0.497 e. The van der Waals surface area contributed by atoms with E-state index in [1.54, 1.807) is 12.0 Å². The van der Waals surface area contributed by atoms with Crippen molar-refractivity contribution in [2.45, 2.75) is 26.8 Å². The lowest BCUT2D eigenvalue weighted by molar-refractivity contribution is 0.102. The van der Waals surface area contributed by atoms with E-state index in [1.165, 1.54) is 0 Å². The molecule has 1 aliphatic heterocycles. The summed E-state index contributed by atoms with van der Waals surface area (Å²) >= 11 is 0. The van der Waals surface area contributed by atoms with Crippen LogP contribution in [0.3, 0.4) is 0 Å². The van der Waals surface area contributed by atoms with E-state index in [-0.39, 0.29) is 11.9 Å². The maximum Gasteiger partial charge on any atom is 0.324 e. The molecule has 0 atom stereocenters. The zero-order chi connectivity index (χ0) is 23.4. The van der Waals surface area contributed by atoms with Gasteiger partial charge in [-0.1, -0.05) is 36.4 Å². The van der Waals surface area contributed by atoms with Gasteiger partial charge in [-0.2, -0.15) is 0 Å². The number of carbonyl (C=O) groups excluding carboxylic acids is 2. The van der Waals surface area contributed by atoms with Crippen LogP contribution in [0.15, 0.2) is 66.7 Å². The van der Waals surface area contributed by atoms with Crippen molar-refractivity contribution >= 4 is 23.3 Å². The molecule has 0 spiro atoms. The fourth-order valence-electron chi connectivity index (χ4n) is 4.15. The fraction of sp³-hybridized carbons (Fsp3) is 0.259. The molecule has 33 heavy (non-hydrogen) atoms. The Hall–Kier alpha value is -3.80. The highest BCUT2D eigenvalue weighted by atomic mass is 16.5. The van der Waals surface area contributed by atoms with Crippen molar-refractivity contribution in [2.24, 2.45) is 0 Å². The van der Waals surface area contributed by atoms with Crippen LogP contribution in [0.1, 0.15) is 33.5 Å². The predicted molar refractivity (Wildman–Crippen MR) is 131 cm³/mol. The van der Waals surface area contributed by atoms with E-state index in [2.05, 4.69) is 5.32 Å². The minimum atomic E-state index is -0.183. The summed E-state index contributed by atoms with van der Waals surface area (Å²) in [5.74, 6) is 0.589. The normalized spacial score (nSPS) is 13.7. The van der Waals surface area contributed by atoms with Crippen LogP contribution in [0, 0.1) is 13.8 Å². The maximum atomic E-state index is 13.4. The van der Waals surface area contributed by atoms with Gasteiger partial charge in [0.25, 0.3) is 5.91 Å². The first kappa shape index (κ1) is 22.4. The number of aryl methyl sites for hydroxylation is 2. The summed E-state index contributed by atoms with van der Waals surface area (Å²) in [6, 6.07) is 21.0. The third-order valence-corrected chi connectivity index (χ3v) is 5.90. The lowest BCUT2D eigenvalue weighted by Gasteiger charge is -2.36.